The van der Waals surface area contributed by atoms with E-state index >= 15 is 0 Å². The van der Waals surface area contributed by atoms with Crippen LogP contribution in [0.15, 0.2) is 41.6 Å². The molecule has 23 heavy (non-hydrogen) atoms. The molecule has 1 aliphatic rings. The van der Waals surface area contributed by atoms with Gasteiger partial charge in [0.25, 0.3) is 0 Å². The molecule has 2 heterocycles. The normalized spacial score (nSPS) is 18.7. The summed E-state index contributed by atoms with van der Waals surface area (Å²) in [6, 6.07) is 7.24. The average Bonchev–Trinajstić information content (AvgIpc) is 3.06. The number of sulfonamides is 1. The SMILES string of the molecule is COc1ccccc1-n1cc(S(=O)(=O)N[C@@H]2CCCNC2)cn1. The summed E-state index contributed by atoms with van der Waals surface area (Å²) >= 11 is 0. The summed E-state index contributed by atoms with van der Waals surface area (Å²) in [6.07, 6.45) is 4.65. The van der Waals surface area contributed by atoms with Gasteiger partial charge in [-0.1, -0.05) is 12.1 Å². The van der Waals surface area contributed by atoms with E-state index in [9.17, 15) is 8.42 Å². The fourth-order valence-electron chi connectivity index (χ4n) is 2.64. The van der Waals surface area contributed by atoms with Crippen molar-refractivity contribution in [1.29, 1.82) is 0 Å². The maximum atomic E-state index is 12.5. The molecule has 124 valence electrons. The lowest BCUT2D eigenvalue weighted by molar-refractivity contribution is 0.411. The Hall–Kier alpha value is -1.90. The lowest BCUT2D eigenvalue weighted by atomic mass is 10.1. The molecule has 0 aliphatic carbocycles. The second-order valence-electron chi connectivity index (χ2n) is 5.46. The topological polar surface area (TPSA) is 85.2 Å². The lowest BCUT2D eigenvalue weighted by Crippen LogP contribution is -2.45. The molecule has 1 aromatic carbocycles. The minimum atomic E-state index is -3.58. The van der Waals surface area contributed by atoms with Gasteiger partial charge in [0, 0.05) is 12.6 Å². The molecule has 7 nitrogen and oxygen atoms in total. The molecule has 0 spiro atoms. The molecule has 3 rings (SSSR count). The number of piperidine rings is 1. The van der Waals surface area contributed by atoms with Crippen LogP contribution < -0.4 is 14.8 Å². The van der Waals surface area contributed by atoms with E-state index in [2.05, 4.69) is 15.1 Å². The van der Waals surface area contributed by atoms with E-state index in [1.165, 1.54) is 17.1 Å². The van der Waals surface area contributed by atoms with Crippen molar-refractivity contribution >= 4 is 10.0 Å². The van der Waals surface area contributed by atoms with Crippen LogP contribution in [0, 0.1) is 0 Å². The number of aromatic nitrogens is 2. The summed E-state index contributed by atoms with van der Waals surface area (Å²) < 4.78 is 34.5. The van der Waals surface area contributed by atoms with Crippen molar-refractivity contribution in [2.45, 2.75) is 23.8 Å². The van der Waals surface area contributed by atoms with Crippen molar-refractivity contribution in [2.75, 3.05) is 20.2 Å². The first-order valence-electron chi connectivity index (χ1n) is 7.51. The standard InChI is InChI=1S/C15H20N4O3S/c1-22-15-7-3-2-6-14(15)19-11-13(10-17-19)23(20,21)18-12-5-4-8-16-9-12/h2-3,6-7,10-12,16,18H,4-5,8-9H2,1H3/t12-/m1/s1. The van der Waals surface area contributed by atoms with Crippen LogP contribution >= 0.6 is 0 Å². The Morgan fingerprint density at radius 1 is 1.39 bits per heavy atom. The van der Waals surface area contributed by atoms with Gasteiger partial charge in [-0.25, -0.2) is 17.8 Å². The third-order valence-corrected chi connectivity index (χ3v) is 5.29. The van der Waals surface area contributed by atoms with E-state index in [0.717, 1.165) is 19.4 Å². The third-order valence-electron chi connectivity index (χ3n) is 3.82. The van der Waals surface area contributed by atoms with Crippen molar-refractivity contribution in [3.63, 3.8) is 0 Å². The largest absolute Gasteiger partial charge is 0.494 e. The molecular weight excluding hydrogens is 316 g/mol. The quantitative estimate of drug-likeness (QED) is 0.848. The number of nitrogens with one attached hydrogen (secondary N) is 2. The summed E-state index contributed by atoms with van der Waals surface area (Å²) in [6.45, 7) is 1.59. The highest BCUT2D eigenvalue weighted by Crippen LogP contribution is 2.22. The van der Waals surface area contributed by atoms with Gasteiger partial charge in [0.15, 0.2) is 0 Å². The molecule has 1 fully saturated rings. The van der Waals surface area contributed by atoms with E-state index in [1.807, 2.05) is 18.2 Å². The number of ether oxygens (including phenoxy) is 1. The molecule has 1 aromatic heterocycles. The molecule has 1 atom stereocenters. The molecule has 1 aliphatic heterocycles. The van der Waals surface area contributed by atoms with Gasteiger partial charge in [-0.3, -0.25) is 0 Å². The van der Waals surface area contributed by atoms with E-state index in [-0.39, 0.29) is 10.9 Å². The molecule has 2 aromatic rings. The second-order valence-corrected chi connectivity index (χ2v) is 7.17. The van der Waals surface area contributed by atoms with Gasteiger partial charge in [-0.15, -0.1) is 0 Å². The molecule has 8 heteroatoms. The highest BCUT2D eigenvalue weighted by molar-refractivity contribution is 7.89. The maximum absolute atomic E-state index is 12.5. The highest BCUT2D eigenvalue weighted by Gasteiger charge is 2.23. The van der Waals surface area contributed by atoms with Gasteiger partial charge in [-0.05, 0) is 31.5 Å². The first-order chi connectivity index (χ1) is 11.1. The summed E-state index contributed by atoms with van der Waals surface area (Å²) in [5.41, 5.74) is 0.691. The van der Waals surface area contributed by atoms with Gasteiger partial charge in [0.1, 0.15) is 16.3 Å². The molecule has 2 N–H and O–H groups in total. The Bertz CT molecular complexity index is 767. The number of hydrogen-bond donors (Lipinski definition) is 2. The first kappa shape index (κ1) is 16.0. The van der Waals surface area contributed by atoms with Gasteiger partial charge in [0.2, 0.25) is 10.0 Å². The predicted molar refractivity (Wildman–Crippen MR) is 86.3 cm³/mol. The van der Waals surface area contributed by atoms with Crippen LogP contribution in [0.4, 0.5) is 0 Å². The minimum Gasteiger partial charge on any atom is -0.494 e. The van der Waals surface area contributed by atoms with Crippen LogP contribution in [0.2, 0.25) is 0 Å². The number of para-hydroxylation sites is 2. The van der Waals surface area contributed by atoms with Gasteiger partial charge in [-0.2, -0.15) is 5.10 Å². The third kappa shape index (κ3) is 3.54. The zero-order valence-corrected chi connectivity index (χ0v) is 13.7. The lowest BCUT2D eigenvalue weighted by Gasteiger charge is -2.23. The number of benzene rings is 1. The summed E-state index contributed by atoms with van der Waals surface area (Å²) in [5, 5.41) is 7.35. The van der Waals surface area contributed by atoms with Crippen LogP contribution in [0.1, 0.15) is 12.8 Å². The van der Waals surface area contributed by atoms with Crippen LogP contribution in [0.5, 0.6) is 5.75 Å². The maximum Gasteiger partial charge on any atom is 0.244 e. The molecule has 0 amide bonds. The van der Waals surface area contributed by atoms with Gasteiger partial charge < -0.3 is 10.1 Å². The van der Waals surface area contributed by atoms with Crippen molar-refractivity contribution < 1.29 is 13.2 Å². The van der Waals surface area contributed by atoms with Gasteiger partial charge >= 0.3 is 0 Å². The molecule has 0 bridgehead atoms. The van der Waals surface area contributed by atoms with Crippen molar-refractivity contribution in [3.8, 4) is 11.4 Å². The van der Waals surface area contributed by atoms with E-state index in [0.29, 0.717) is 18.0 Å². The number of methoxy groups -OCH3 is 1. The Morgan fingerprint density at radius 3 is 2.96 bits per heavy atom. The zero-order chi connectivity index (χ0) is 16.3. The van der Waals surface area contributed by atoms with Crippen LogP contribution in [0.3, 0.4) is 0 Å². The Labute approximate surface area is 135 Å². The minimum absolute atomic E-state index is 0.0802. The Balaban J connectivity index is 1.83. The number of rotatable bonds is 5. The van der Waals surface area contributed by atoms with Crippen molar-refractivity contribution in [1.82, 2.24) is 19.8 Å². The van der Waals surface area contributed by atoms with E-state index < -0.39 is 10.0 Å². The molecule has 0 saturated carbocycles. The Morgan fingerprint density at radius 2 is 2.22 bits per heavy atom. The molecule has 0 radical (unpaired) electrons. The zero-order valence-electron chi connectivity index (χ0n) is 12.9. The first-order valence-corrected chi connectivity index (χ1v) is 8.99. The molecular formula is C15H20N4O3S. The second kappa shape index (κ2) is 6.69. The average molecular weight is 336 g/mol. The van der Waals surface area contributed by atoms with E-state index in [1.54, 1.807) is 13.2 Å². The van der Waals surface area contributed by atoms with Crippen molar-refractivity contribution in [2.24, 2.45) is 0 Å². The van der Waals surface area contributed by atoms with E-state index in [4.69, 9.17) is 4.74 Å². The smallest absolute Gasteiger partial charge is 0.244 e. The van der Waals surface area contributed by atoms with Crippen LogP contribution in [-0.2, 0) is 10.0 Å². The highest BCUT2D eigenvalue weighted by atomic mass is 32.2. The summed E-state index contributed by atoms with van der Waals surface area (Å²) in [4.78, 5) is 0.147. The van der Waals surface area contributed by atoms with Crippen molar-refractivity contribution in [3.05, 3.63) is 36.7 Å². The van der Waals surface area contributed by atoms with Gasteiger partial charge in [0.05, 0.1) is 19.5 Å². The summed E-state index contributed by atoms with van der Waals surface area (Å²) in [5.74, 6) is 0.629. The number of hydrogen-bond acceptors (Lipinski definition) is 5. The monoisotopic (exact) mass is 336 g/mol. The van der Waals surface area contributed by atoms with Crippen LogP contribution in [0.25, 0.3) is 5.69 Å². The molecule has 1 saturated heterocycles. The van der Waals surface area contributed by atoms with Crippen LogP contribution in [-0.4, -0.2) is 44.4 Å². The fraction of sp³-hybridized carbons (Fsp3) is 0.400. The Kier molecular flexibility index (Phi) is 4.65. The summed E-state index contributed by atoms with van der Waals surface area (Å²) in [7, 11) is -2.01. The fourth-order valence-corrected chi connectivity index (χ4v) is 3.84. The number of nitrogens with zero attached hydrogens (tertiary/aromatic N) is 2. The molecule has 0 unspecified atom stereocenters. The predicted octanol–water partition coefficient (Wildman–Crippen LogP) is 0.911.